The van der Waals surface area contributed by atoms with Crippen LogP contribution in [0.3, 0.4) is 0 Å². The van der Waals surface area contributed by atoms with Gasteiger partial charge in [0.1, 0.15) is 17.3 Å². The van der Waals surface area contributed by atoms with Crippen molar-refractivity contribution in [2.24, 2.45) is 4.99 Å². The van der Waals surface area contributed by atoms with E-state index in [0.717, 1.165) is 5.56 Å². The summed E-state index contributed by atoms with van der Waals surface area (Å²) in [5.74, 6) is -1.07. The molecule has 0 saturated heterocycles. The third-order valence-electron chi connectivity index (χ3n) is 6.52. The number of benzene rings is 3. The molecule has 2 heterocycles. The molecular formula is C30H25ClFN5O5. The number of carboxylic acids is 1. The van der Waals surface area contributed by atoms with Gasteiger partial charge in [0.05, 0.1) is 49.7 Å². The summed E-state index contributed by atoms with van der Waals surface area (Å²) in [7, 11) is 2.90. The average molecular weight is 590 g/mol. The summed E-state index contributed by atoms with van der Waals surface area (Å²) in [5, 5.41) is 14.9. The van der Waals surface area contributed by atoms with E-state index in [4.69, 9.17) is 36.2 Å². The van der Waals surface area contributed by atoms with Crippen LogP contribution in [0.1, 0.15) is 33.5 Å². The van der Waals surface area contributed by atoms with E-state index < -0.39 is 17.7 Å². The number of carbonyl (C=O) groups is 2. The molecule has 0 saturated carbocycles. The van der Waals surface area contributed by atoms with Crippen molar-refractivity contribution in [1.29, 1.82) is 0 Å². The molecule has 1 aromatic heterocycles. The smallest absolute Gasteiger partial charge is 0.305 e. The fraction of sp³-hybridized carbons (Fsp3) is 0.167. The largest absolute Gasteiger partial charge is 0.496 e. The lowest BCUT2D eigenvalue weighted by atomic mass is 9.94. The molecule has 4 aromatic rings. The molecule has 0 aliphatic carbocycles. The summed E-state index contributed by atoms with van der Waals surface area (Å²) in [4.78, 5) is 37.2. The van der Waals surface area contributed by atoms with Gasteiger partial charge in [-0.2, -0.15) is 0 Å². The average Bonchev–Trinajstić information content (AvgIpc) is 3.13. The van der Waals surface area contributed by atoms with Gasteiger partial charge in [-0.1, -0.05) is 23.7 Å². The van der Waals surface area contributed by atoms with E-state index in [1.165, 1.54) is 20.3 Å². The maximum Gasteiger partial charge on any atom is 0.305 e. The third-order valence-corrected chi connectivity index (χ3v) is 6.76. The van der Waals surface area contributed by atoms with Gasteiger partial charge in [0, 0.05) is 46.2 Å². The van der Waals surface area contributed by atoms with E-state index in [1.54, 1.807) is 48.7 Å². The molecule has 1 aliphatic rings. The molecule has 1 aliphatic heterocycles. The third kappa shape index (κ3) is 5.86. The van der Waals surface area contributed by atoms with Crippen molar-refractivity contribution in [3.05, 3.63) is 93.9 Å². The van der Waals surface area contributed by atoms with Crippen LogP contribution in [0.25, 0.3) is 11.3 Å². The van der Waals surface area contributed by atoms with Crippen LogP contribution in [0.15, 0.2) is 65.8 Å². The first-order chi connectivity index (χ1) is 20.3. The van der Waals surface area contributed by atoms with Gasteiger partial charge in [0.25, 0.3) is 5.91 Å². The molecule has 5 rings (SSSR count). The van der Waals surface area contributed by atoms with Gasteiger partial charge >= 0.3 is 5.97 Å². The van der Waals surface area contributed by atoms with Gasteiger partial charge in [0.2, 0.25) is 5.95 Å². The molecule has 0 bridgehead atoms. The Labute approximate surface area is 245 Å². The van der Waals surface area contributed by atoms with Gasteiger partial charge in [-0.15, -0.1) is 0 Å². The Morgan fingerprint density at radius 3 is 2.62 bits per heavy atom. The number of rotatable bonds is 9. The molecular weight excluding hydrogens is 565 g/mol. The molecule has 3 aromatic carbocycles. The maximum absolute atomic E-state index is 15.1. The zero-order valence-electron chi connectivity index (χ0n) is 22.6. The number of methoxy groups -OCH3 is 2. The monoisotopic (exact) mass is 589 g/mol. The first-order valence-electron chi connectivity index (χ1n) is 12.8. The molecule has 0 atom stereocenters. The summed E-state index contributed by atoms with van der Waals surface area (Å²) in [6.07, 6.45) is 1.45. The van der Waals surface area contributed by atoms with Crippen molar-refractivity contribution in [3.8, 4) is 22.8 Å². The topological polar surface area (TPSA) is 135 Å². The number of carboxylic acid groups (broad SMARTS) is 1. The highest BCUT2D eigenvalue weighted by atomic mass is 35.5. The molecule has 0 spiro atoms. The van der Waals surface area contributed by atoms with Crippen LogP contribution in [-0.2, 0) is 11.3 Å². The van der Waals surface area contributed by atoms with Crippen LogP contribution in [0.2, 0.25) is 5.02 Å². The van der Waals surface area contributed by atoms with Crippen LogP contribution >= 0.6 is 11.6 Å². The second-order valence-corrected chi connectivity index (χ2v) is 9.62. The Hall–Kier alpha value is -5.03. The van der Waals surface area contributed by atoms with Gasteiger partial charge in [-0.05, 0) is 36.4 Å². The molecule has 0 unspecified atom stereocenters. The minimum atomic E-state index is -1.01. The van der Waals surface area contributed by atoms with E-state index in [0.29, 0.717) is 39.0 Å². The number of aromatic nitrogens is 2. The standard InChI is InChI=1S/C30H25ClFN5O5/c1-41-23-5-3-4-22(32)26(23)28-21-12-17(31)6-8-19(21)27-16(14-34-28)15-35-30(37-27)36-18-7-9-20(24(13-18)42-2)29(40)33-11-10-25(38)39/h3-9,12-13,15H,10-11,14H2,1-2H3,(H,33,40)(H,38,39)(H,35,36,37). The highest BCUT2D eigenvalue weighted by Crippen LogP contribution is 2.36. The number of aliphatic imine (C=N–C) groups is 1. The van der Waals surface area contributed by atoms with E-state index >= 15 is 4.39 Å². The summed E-state index contributed by atoms with van der Waals surface area (Å²) < 4.78 is 26.0. The predicted molar refractivity (Wildman–Crippen MR) is 156 cm³/mol. The number of hydrogen-bond acceptors (Lipinski definition) is 8. The summed E-state index contributed by atoms with van der Waals surface area (Å²) in [5.41, 5.74) is 4.00. The van der Waals surface area contributed by atoms with E-state index in [9.17, 15) is 9.59 Å². The molecule has 12 heteroatoms. The van der Waals surface area contributed by atoms with E-state index in [2.05, 4.69) is 15.6 Å². The maximum atomic E-state index is 15.1. The number of fused-ring (bicyclic) bond motifs is 3. The molecule has 10 nitrogen and oxygen atoms in total. The van der Waals surface area contributed by atoms with Gasteiger partial charge in [0.15, 0.2) is 0 Å². The minimum absolute atomic E-state index is 0.0118. The lowest BCUT2D eigenvalue weighted by molar-refractivity contribution is -0.136. The van der Waals surface area contributed by atoms with Crippen LogP contribution < -0.4 is 20.1 Å². The predicted octanol–water partition coefficient (Wildman–Crippen LogP) is 5.25. The molecule has 1 amide bonds. The summed E-state index contributed by atoms with van der Waals surface area (Å²) >= 11 is 6.38. The van der Waals surface area contributed by atoms with Crippen LogP contribution in [0.4, 0.5) is 16.0 Å². The van der Waals surface area contributed by atoms with Crippen molar-refractivity contribution in [2.45, 2.75) is 13.0 Å². The normalized spacial score (nSPS) is 11.9. The Balaban J connectivity index is 1.48. The number of ether oxygens (including phenoxy) is 2. The van der Waals surface area contributed by atoms with Crippen molar-refractivity contribution in [3.63, 3.8) is 0 Å². The number of amides is 1. The van der Waals surface area contributed by atoms with Crippen LogP contribution in [-0.4, -0.2) is 53.4 Å². The summed E-state index contributed by atoms with van der Waals surface area (Å²) in [6, 6.07) is 14.7. The van der Waals surface area contributed by atoms with E-state index in [1.807, 2.05) is 6.07 Å². The number of nitrogens with zero attached hydrogens (tertiary/aromatic N) is 3. The number of aliphatic carboxylic acids is 1. The fourth-order valence-corrected chi connectivity index (χ4v) is 4.74. The van der Waals surface area contributed by atoms with E-state index in [-0.39, 0.29) is 42.3 Å². The first-order valence-corrected chi connectivity index (χ1v) is 13.2. The number of nitrogens with one attached hydrogen (secondary N) is 2. The highest BCUT2D eigenvalue weighted by molar-refractivity contribution is 6.31. The minimum Gasteiger partial charge on any atom is -0.496 e. The number of halogens is 2. The zero-order valence-corrected chi connectivity index (χ0v) is 23.3. The van der Waals surface area contributed by atoms with Crippen LogP contribution in [0.5, 0.6) is 11.5 Å². The van der Waals surface area contributed by atoms with Crippen molar-refractivity contribution >= 4 is 40.8 Å². The lowest BCUT2D eigenvalue weighted by Crippen LogP contribution is -2.26. The summed E-state index contributed by atoms with van der Waals surface area (Å²) in [6.45, 7) is 0.177. The van der Waals surface area contributed by atoms with Crippen molar-refractivity contribution in [1.82, 2.24) is 15.3 Å². The molecule has 214 valence electrons. The molecule has 3 N–H and O–H groups in total. The number of hydrogen-bond donors (Lipinski definition) is 3. The number of anilines is 2. The van der Waals surface area contributed by atoms with Gasteiger partial charge < -0.3 is 25.2 Å². The van der Waals surface area contributed by atoms with Crippen molar-refractivity contribution < 1.29 is 28.6 Å². The second-order valence-electron chi connectivity index (χ2n) is 9.18. The Morgan fingerprint density at radius 1 is 1.05 bits per heavy atom. The SMILES string of the molecule is COc1cc(Nc2ncc3c(n2)-c2ccc(Cl)cc2C(c2c(F)cccc2OC)=NC3)ccc1C(=O)NCCC(=O)O. The highest BCUT2D eigenvalue weighted by Gasteiger charge is 2.25. The first kappa shape index (κ1) is 28.5. The van der Waals surface area contributed by atoms with Crippen molar-refractivity contribution in [2.75, 3.05) is 26.1 Å². The number of carbonyl (C=O) groups excluding carboxylic acids is 1. The van der Waals surface area contributed by atoms with Gasteiger partial charge in [-0.25, -0.2) is 14.4 Å². The van der Waals surface area contributed by atoms with Crippen LogP contribution in [0, 0.1) is 5.82 Å². The lowest BCUT2D eigenvalue weighted by Gasteiger charge is -2.15. The Bertz CT molecular complexity index is 1730. The Kier molecular flexibility index (Phi) is 8.30. The quantitative estimate of drug-likeness (QED) is 0.241. The Morgan fingerprint density at radius 2 is 1.86 bits per heavy atom. The van der Waals surface area contributed by atoms with Gasteiger partial charge in [-0.3, -0.25) is 14.6 Å². The second kappa shape index (κ2) is 12.2. The molecule has 42 heavy (non-hydrogen) atoms. The fourth-order valence-electron chi connectivity index (χ4n) is 4.57. The zero-order chi connectivity index (χ0) is 29.8. The molecule has 0 fully saturated rings. The molecule has 0 radical (unpaired) electrons.